The molecule has 5 aromatic rings. The third-order valence-corrected chi connectivity index (χ3v) is 11.5. The average Bonchev–Trinajstić information content (AvgIpc) is 3.00. The molecule has 0 unspecified atom stereocenters. The number of carbonyl (C=O) groups excluding carboxylic acids is 1. The van der Waals surface area contributed by atoms with Crippen molar-refractivity contribution >= 4 is 34.8 Å². The molecule has 0 fully saturated rings. The van der Waals surface area contributed by atoms with Crippen LogP contribution in [0.5, 0.6) is 5.75 Å². The normalized spacial score (nSPS) is 10.8. The fourth-order valence-electron chi connectivity index (χ4n) is 5.16. The van der Waals surface area contributed by atoms with Gasteiger partial charge in [-0.2, -0.15) is 0 Å². The van der Waals surface area contributed by atoms with Crippen molar-refractivity contribution in [2.24, 2.45) is 0 Å². The largest absolute Gasteiger partial charge is 1.00 e. The first-order chi connectivity index (χ1) is 19.1. The SMILES string of the molecule is COc1ccc(N(Cc2cccc([P+](Cc3ccccc3)(c3ccccc3)c3ccccc3)c2)C(C)=O)cc1.[Br-]. The van der Waals surface area contributed by atoms with Crippen LogP contribution in [0.4, 0.5) is 5.69 Å². The fraction of sp³-hybridized carbons (Fsp3) is 0.114. The first-order valence-corrected chi connectivity index (χ1v) is 15.1. The van der Waals surface area contributed by atoms with Crippen LogP contribution < -0.4 is 42.5 Å². The van der Waals surface area contributed by atoms with E-state index in [1.165, 1.54) is 21.5 Å². The van der Waals surface area contributed by atoms with E-state index in [0.29, 0.717) is 6.54 Å². The zero-order valence-electron chi connectivity index (χ0n) is 22.8. The molecule has 0 aliphatic rings. The van der Waals surface area contributed by atoms with Crippen LogP contribution in [-0.2, 0) is 17.5 Å². The van der Waals surface area contributed by atoms with E-state index in [4.69, 9.17) is 4.74 Å². The molecule has 0 heterocycles. The topological polar surface area (TPSA) is 29.5 Å². The van der Waals surface area contributed by atoms with Crippen molar-refractivity contribution in [1.29, 1.82) is 0 Å². The molecule has 1 amide bonds. The van der Waals surface area contributed by atoms with E-state index >= 15 is 0 Å². The summed E-state index contributed by atoms with van der Waals surface area (Å²) in [6, 6.07) is 49.1. The van der Waals surface area contributed by atoms with Crippen LogP contribution in [0.15, 0.2) is 140 Å². The molecule has 202 valence electrons. The molecule has 0 bridgehead atoms. The van der Waals surface area contributed by atoms with E-state index in [0.717, 1.165) is 23.2 Å². The molecule has 0 aliphatic carbocycles. The van der Waals surface area contributed by atoms with Crippen molar-refractivity contribution in [3.63, 3.8) is 0 Å². The summed E-state index contributed by atoms with van der Waals surface area (Å²) in [7, 11) is -0.426. The maximum atomic E-state index is 12.8. The van der Waals surface area contributed by atoms with Gasteiger partial charge in [-0.05, 0) is 71.8 Å². The van der Waals surface area contributed by atoms with Gasteiger partial charge in [-0.3, -0.25) is 4.79 Å². The Balaban J connectivity index is 0.00000370. The number of methoxy groups -OCH3 is 1. The van der Waals surface area contributed by atoms with Gasteiger partial charge in [0.15, 0.2) is 0 Å². The molecule has 0 saturated carbocycles. The molecule has 5 aromatic carbocycles. The molecule has 0 N–H and O–H groups in total. The van der Waals surface area contributed by atoms with Crippen LogP contribution in [0.2, 0.25) is 0 Å². The third kappa shape index (κ3) is 6.36. The van der Waals surface area contributed by atoms with E-state index in [2.05, 4.69) is 115 Å². The molecular formula is C35H33BrNO2P. The van der Waals surface area contributed by atoms with Gasteiger partial charge in [0.05, 0.1) is 19.8 Å². The summed E-state index contributed by atoms with van der Waals surface area (Å²) in [5, 5.41) is 3.99. The van der Waals surface area contributed by atoms with Crippen LogP contribution >= 0.6 is 7.26 Å². The maximum absolute atomic E-state index is 12.8. The Kier molecular flexibility index (Phi) is 9.93. The average molecular weight is 611 g/mol. The Hall–Kier alpha value is -3.72. The van der Waals surface area contributed by atoms with Crippen LogP contribution in [0.1, 0.15) is 18.1 Å². The first-order valence-electron chi connectivity index (χ1n) is 13.1. The Morgan fingerprint density at radius 2 is 1.15 bits per heavy atom. The van der Waals surface area contributed by atoms with Gasteiger partial charge < -0.3 is 26.6 Å². The van der Waals surface area contributed by atoms with Gasteiger partial charge in [-0.15, -0.1) is 0 Å². The maximum Gasteiger partial charge on any atom is 0.224 e. The summed E-state index contributed by atoms with van der Waals surface area (Å²) < 4.78 is 5.31. The van der Waals surface area contributed by atoms with Crippen molar-refractivity contribution in [1.82, 2.24) is 0 Å². The Morgan fingerprint density at radius 1 is 0.650 bits per heavy atom. The second kappa shape index (κ2) is 13.6. The molecule has 40 heavy (non-hydrogen) atoms. The molecule has 0 spiro atoms. The zero-order valence-corrected chi connectivity index (χ0v) is 25.3. The highest BCUT2D eigenvalue weighted by Gasteiger charge is 2.45. The van der Waals surface area contributed by atoms with E-state index in [-0.39, 0.29) is 22.9 Å². The van der Waals surface area contributed by atoms with Crippen molar-refractivity contribution < 1.29 is 26.5 Å². The zero-order chi connectivity index (χ0) is 27.1. The number of ether oxygens (including phenoxy) is 1. The van der Waals surface area contributed by atoms with Crippen LogP contribution in [0.25, 0.3) is 0 Å². The van der Waals surface area contributed by atoms with E-state index < -0.39 is 7.26 Å². The second-order valence-corrected chi connectivity index (χ2v) is 13.1. The minimum atomic E-state index is -2.07. The highest BCUT2D eigenvalue weighted by molar-refractivity contribution is 7.95. The van der Waals surface area contributed by atoms with Crippen LogP contribution in [0, 0.1) is 0 Å². The predicted molar refractivity (Wildman–Crippen MR) is 165 cm³/mol. The first kappa shape index (κ1) is 29.3. The number of amides is 1. The number of anilines is 1. The molecule has 0 aromatic heterocycles. The summed E-state index contributed by atoms with van der Waals surface area (Å²) in [6.45, 7) is 2.11. The quantitative estimate of drug-likeness (QED) is 0.238. The van der Waals surface area contributed by atoms with Crippen molar-refractivity contribution in [3.8, 4) is 5.75 Å². The molecule has 0 radical (unpaired) electrons. The van der Waals surface area contributed by atoms with Gasteiger partial charge in [-0.25, -0.2) is 0 Å². The smallest absolute Gasteiger partial charge is 0.224 e. The van der Waals surface area contributed by atoms with Crippen molar-refractivity contribution in [2.75, 3.05) is 12.0 Å². The van der Waals surface area contributed by atoms with Crippen molar-refractivity contribution in [3.05, 3.63) is 151 Å². The van der Waals surface area contributed by atoms with Gasteiger partial charge in [0.1, 0.15) is 28.9 Å². The minimum absolute atomic E-state index is 0. The van der Waals surface area contributed by atoms with Gasteiger partial charge in [0, 0.05) is 12.6 Å². The molecule has 5 heteroatoms. The van der Waals surface area contributed by atoms with Gasteiger partial charge in [0.2, 0.25) is 5.91 Å². The molecule has 0 aliphatic heterocycles. The Morgan fingerprint density at radius 3 is 1.68 bits per heavy atom. The van der Waals surface area contributed by atoms with Gasteiger partial charge in [0.25, 0.3) is 0 Å². The third-order valence-electron chi connectivity index (χ3n) is 7.11. The monoisotopic (exact) mass is 609 g/mol. The lowest BCUT2D eigenvalue weighted by Crippen LogP contribution is -3.00. The Labute approximate surface area is 248 Å². The van der Waals surface area contributed by atoms with Crippen LogP contribution in [0.3, 0.4) is 0 Å². The lowest BCUT2D eigenvalue weighted by atomic mass is 10.2. The summed E-state index contributed by atoms with van der Waals surface area (Å²) in [6.07, 6.45) is 0.917. The van der Waals surface area contributed by atoms with Crippen molar-refractivity contribution in [2.45, 2.75) is 19.6 Å². The van der Waals surface area contributed by atoms with Gasteiger partial charge >= 0.3 is 0 Å². The molecule has 5 rings (SSSR count). The minimum Gasteiger partial charge on any atom is -1.00 e. The number of halogens is 1. The number of hydrogen-bond acceptors (Lipinski definition) is 2. The number of carbonyl (C=O) groups is 1. The molecular weight excluding hydrogens is 577 g/mol. The number of benzene rings is 5. The highest BCUT2D eigenvalue weighted by atomic mass is 79.9. The fourth-order valence-corrected chi connectivity index (χ4v) is 9.45. The Bertz CT molecular complexity index is 1470. The summed E-state index contributed by atoms with van der Waals surface area (Å²) >= 11 is 0. The highest BCUT2D eigenvalue weighted by Crippen LogP contribution is 2.58. The summed E-state index contributed by atoms with van der Waals surface area (Å²) in [4.78, 5) is 14.6. The molecule has 0 atom stereocenters. The summed E-state index contributed by atoms with van der Waals surface area (Å²) in [5.41, 5.74) is 3.26. The van der Waals surface area contributed by atoms with Gasteiger partial charge in [-0.1, -0.05) is 78.9 Å². The lowest BCUT2D eigenvalue weighted by Gasteiger charge is -2.29. The van der Waals surface area contributed by atoms with Crippen LogP contribution in [-0.4, -0.2) is 13.0 Å². The lowest BCUT2D eigenvalue weighted by molar-refractivity contribution is -0.116. The second-order valence-electron chi connectivity index (χ2n) is 9.60. The number of rotatable bonds is 9. The van der Waals surface area contributed by atoms with E-state index in [1.807, 2.05) is 29.2 Å². The van der Waals surface area contributed by atoms with E-state index in [9.17, 15) is 4.79 Å². The summed E-state index contributed by atoms with van der Waals surface area (Å²) in [5.74, 6) is 0.771. The van der Waals surface area contributed by atoms with E-state index in [1.54, 1.807) is 14.0 Å². The molecule has 0 saturated heterocycles. The standard InChI is InChI=1S/C35H33NO2P.BrH/c1-28(37)36(31-21-23-32(38-2)24-22-31)26-30-15-12-20-35(25-30)39(33-16-8-4-9-17-33,34-18-10-5-11-19-34)27-29-13-6-3-7-14-29;/h3-25H,26-27H2,1-2H3;1H/q+1;/p-1. The molecule has 3 nitrogen and oxygen atoms in total. The predicted octanol–water partition coefficient (Wildman–Crippen LogP) is 3.75. The number of nitrogens with zero attached hydrogens (tertiary/aromatic N) is 1. The number of hydrogen-bond donors (Lipinski definition) is 0.